The Bertz CT molecular complexity index is 333. The number of nitrogens with zero attached hydrogens (tertiary/aromatic N) is 2. The molecule has 0 aliphatic heterocycles. The maximum absolute atomic E-state index is 5.25. The first-order valence-electron chi connectivity index (χ1n) is 6.29. The van der Waals surface area contributed by atoms with Crippen molar-refractivity contribution in [3.05, 3.63) is 17.5 Å². The molecule has 1 aromatic rings. The van der Waals surface area contributed by atoms with Crippen molar-refractivity contribution in [2.24, 2.45) is 5.92 Å². The molecule has 0 aromatic carbocycles. The third-order valence-electron chi connectivity index (χ3n) is 2.91. The second-order valence-corrected chi connectivity index (χ2v) is 5.01. The largest absolute Gasteiger partial charge is 0.380 e. The number of aromatic nitrogens is 2. The van der Waals surface area contributed by atoms with Crippen LogP contribution in [0.4, 0.5) is 0 Å². The molecule has 0 radical (unpaired) electrons. The number of ether oxygens (including phenoxy) is 1. The van der Waals surface area contributed by atoms with Crippen molar-refractivity contribution < 1.29 is 4.74 Å². The van der Waals surface area contributed by atoms with Gasteiger partial charge in [-0.15, -0.1) is 0 Å². The maximum atomic E-state index is 5.25. The van der Waals surface area contributed by atoms with Gasteiger partial charge in [0.05, 0.1) is 18.8 Å². The lowest BCUT2D eigenvalue weighted by Crippen LogP contribution is -2.20. The number of rotatable bonds is 7. The van der Waals surface area contributed by atoms with Gasteiger partial charge in [-0.25, -0.2) is 0 Å². The van der Waals surface area contributed by atoms with Gasteiger partial charge in [0.15, 0.2) is 0 Å². The molecule has 0 fully saturated rings. The summed E-state index contributed by atoms with van der Waals surface area (Å²) in [7, 11) is 1.73. The summed E-state index contributed by atoms with van der Waals surface area (Å²) in [5.74, 6) is 0.680. The van der Waals surface area contributed by atoms with Gasteiger partial charge in [0, 0.05) is 24.9 Å². The molecule has 1 N–H and O–H groups in total. The zero-order chi connectivity index (χ0) is 12.8. The summed E-state index contributed by atoms with van der Waals surface area (Å²) in [6.07, 6.45) is 2.15. The molecule has 1 atom stereocenters. The van der Waals surface area contributed by atoms with Crippen LogP contribution < -0.4 is 5.32 Å². The molecule has 0 bridgehead atoms. The normalized spacial score (nSPS) is 13.3. The molecular formula is C13H25N3O. The van der Waals surface area contributed by atoms with E-state index in [1.165, 1.54) is 11.3 Å². The third kappa shape index (κ3) is 4.48. The van der Waals surface area contributed by atoms with E-state index in [4.69, 9.17) is 4.74 Å². The van der Waals surface area contributed by atoms with E-state index in [1.807, 2.05) is 10.9 Å². The molecule has 1 heterocycles. The molecule has 0 saturated carbocycles. The van der Waals surface area contributed by atoms with Crippen molar-refractivity contribution in [3.8, 4) is 0 Å². The fraction of sp³-hybridized carbons (Fsp3) is 0.769. The van der Waals surface area contributed by atoms with Crippen LogP contribution in [0.15, 0.2) is 6.20 Å². The quantitative estimate of drug-likeness (QED) is 0.790. The number of methoxy groups -OCH3 is 1. The van der Waals surface area contributed by atoms with Crippen LogP contribution in [-0.4, -0.2) is 29.5 Å². The highest BCUT2D eigenvalue weighted by Crippen LogP contribution is 2.08. The monoisotopic (exact) mass is 239 g/mol. The maximum Gasteiger partial charge on any atom is 0.0739 e. The van der Waals surface area contributed by atoms with Crippen molar-refractivity contribution in [2.75, 3.05) is 13.7 Å². The Labute approximate surface area is 104 Å². The first-order chi connectivity index (χ1) is 8.04. The fourth-order valence-corrected chi connectivity index (χ4v) is 1.66. The van der Waals surface area contributed by atoms with E-state index < -0.39 is 0 Å². The Balaban J connectivity index is 2.52. The van der Waals surface area contributed by atoms with Crippen LogP contribution >= 0.6 is 0 Å². The van der Waals surface area contributed by atoms with E-state index in [1.54, 1.807) is 7.11 Å². The predicted octanol–water partition coefficient (Wildman–Crippen LogP) is 1.97. The number of hydrogen-bond acceptors (Lipinski definition) is 3. The minimum absolute atomic E-state index is 0.199. The lowest BCUT2D eigenvalue weighted by molar-refractivity contribution is 0.0992. The van der Waals surface area contributed by atoms with Crippen LogP contribution in [0, 0.1) is 12.8 Å². The summed E-state index contributed by atoms with van der Waals surface area (Å²) >= 11 is 0. The summed E-state index contributed by atoms with van der Waals surface area (Å²) < 4.78 is 7.27. The molecule has 98 valence electrons. The van der Waals surface area contributed by atoms with Crippen molar-refractivity contribution in [2.45, 2.75) is 46.9 Å². The molecule has 4 heteroatoms. The van der Waals surface area contributed by atoms with Gasteiger partial charge in [0.1, 0.15) is 0 Å². The van der Waals surface area contributed by atoms with Gasteiger partial charge >= 0.3 is 0 Å². The Morgan fingerprint density at radius 1 is 1.41 bits per heavy atom. The van der Waals surface area contributed by atoms with E-state index in [-0.39, 0.29) is 6.10 Å². The molecule has 17 heavy (non-hydrogen) atoms. The summed E-state index contributed by atoms with van der Waals surface area (Å²) in [5, 5.41) is 7.84. The van der Waals surface area contributed by atoms with E-state index >= 15 is 0 Å². The average molecular weight is 239 g/mol. The number of nitrogens with one attached hydrogen (secondary N) is 1. The zero-order valence-corrected chi connectivity index (χ0v) is 11.7. The van der Waals surface area contributed by atoms with Gasteiger partial charge < -0.3 is 10.1 Å². The molecule has 0 aliphatic carbocycles. The van der Waals surface area contributed by atoms with Gasteiger partial charge in [0.25, 0.3) is 0 Å². The Kier molecular flexibility index (Phi) is 5.65. The van der Waals surface area contributed by atoms with E-state index in [9.17, 15) is 0 Å². The molecule has 4 nitrogen and oxygen atoms in total. The first-order valence-corrected chi connectivity index (χ1v) is 6.29. The van der Waals surface area contributed by atoms with E-state index in [0.29, 0.717) is 5.92 Å². The second kappa shape index (κ2) is 6.77. The highest BCUT2D eigenvalue weighted by molar-refractivity contribution is 5.15. The van der Waals surface area contributed by atoms with Gasteiger partial charge in [-0.2, -0.15) is 5.10 Å². The number of hydrogen-bond donors (Lipinski definition) is 1. The standard InChI is InChI=1S/C13H25N3O/c1-10(2)6-14-7-13-8-15-16(12(13)4)9-11(3)17-5/h8,10-11,14H,6-7,9H2,1-5H3. The second-order valence-electron chi connectivity index (χ2n) is 5.01. The third-order valence-corrected chi connectivity index (χ3v) is 2.91. The predicted molar refractivity (Wildman–Crippen MR) is 70.0 cm³/mol. The zero-order valence-electron chi connectivity index (χ0n) is 11.7. The van der Waals surface area contributed by atoms with Gasteiger partial charge in [0.2, 0.25) is 0 Å². The molecule has 1 unspecified atom stereocenters. The SMILES string of the molecule is COC(C)Cn1ncc(CNCC(C)C)c1C. The fourth-order valence-electron chi connectivity index (χ4n) is 1.66. The summed E-state index contributed by atoms with van der Waals surface area (Å²) in [6.45, 7) is 11.3. The van der Waals surface area contributed by atoms with Crippen molar-refractivity contribution in [3.63, 3.8) is 0 Å². The summed E-state index contributed by atoms with van der Waals surface area (Å²) in [5.41, 5.74) is 2.50. The van der Waals surface area contributed by atoms with E-state index in [0.717, 1.165) is 19.6 Å². The van der Waals surface area contributed by atoms with E-state index in [2.05, 4.69) is 38.1 Å². The van der Waals surface area contributed by atoms with Crippen LogP contribution in [0.2, 0.25) is 0 Å². The lowest BCUT2D eigenvalue weighted by Gasteiger charge is -2.11. The molecule has 0 saturated heterocycles. The topological polar surface area (TPSA) is 39.1 Å². The lowest BCUT2D eigenvalue weighted by atomic mass is 10.2. The molecular weight excluding hydrogens is 214 g/mol. The Morgan fingerprint density at radius 3 is 2.71 bits per heavy atom. The molecule has 1 rings (SSSR count). The first kappa shape index (κ1) is 14.2. The summed E-state index contributed by atoms with van der Waals surface area (Å²) in [4.78, 5) is 0. The Hall–Kier alpha value is -0.870. The molecule has 0 spiro atoms. The van der Waals surface area contributed by atoms with Crippen LogP contribution in [0.3, 0.4) is 0 Å². The molecule has 0 aliphatic rings. The Morgan fingerprint density at radius 2 is 2.12 bits per heavy atom. The van der Waals surface area contributed by atoms with Crippen LogP contribution in [0.25, 0.3) is 0 Å². The van der Waals surface area contributed by atoms with Crippen molar-refractivity contribution in [1.82, 2.24) is 15.1 Å². The van der Waals surface area contributed by atoms with Crippen LogP contribution in [0.5, 0.6) is 0 Å². The molecule has 0 amide bonds. The van der Waals surface area contributed by atoms with Crippen molar-refractivity contribution in [1.29, 1.82) is 0 Å². The highest BCUT2D eigenvalue weighted by atomic mass is 16.5. The minimum Gasteiger partial charge on any atom is -0.380 e. The average Bonchev–Trinajstić information content (AvgIpc) is 2.61. The van der Waals surface area contributed by atoms with Crippen molar-refractivity contribution >= 4 is 0 Å². The highest BCUT2D eigenvalue weighted by Gasteiger charge is 2.08. The van der Waals surface area contributed by atoms with Gasteiger partial charge in [-0.3, -0.25) is 4.68 Å². The molecule has 1 aromatic heterocycles. The summed E-state index contributed by atoms with van der Waals surface area (Å²) in [6, 6.07) is 0. The van der Waals surface area contributed by atoms with Gasteiger partial charge in [-0.05, 0) is 26.3 Å². The smallest absolute Gasteiger partial charge is 0.0739 e. The van der Waals surface area contributed by atoms with Crippen LogP contribution in [-0.2, 0) is 17.8 Å². The van der Waals surface area contributed by atoms with Crippen LogP contribution in [0.1, 0.15) is 32.0 Å². The van der Waals surface area contributed by atoms with Gasteiger partial charge in [-0.1, -0.05) is 13.8 Å². The minimum atomic E-state index is 0.199.